The lowest BCUT2D eigenvalue weighted by Gasteiger charge is -2.38. The van der Waals surface area contributed by atoms with E-state index in [0.29, 0.717) is 23.4 Å². The number of nitro groups is 1. The summed E-state index contributed by atoms with van der Waals surface area (Å²) in [5.74, 6) is -0.183. The molecule has 2 aromatic rings. The van der Waals surface area contributed by atoms with Crippen molar-refractivity contribution in [1.29, 1.82) is 0 Å². The molecule has 3 atom stereocenters. The van der Waals surface area contributed by atoms with E-state index in [0.717, 1.165) is 18.4 Å². The first-order valence-corrected chi connectivity index (χ1v) is 13.4. The van der Waals surface area contributed by atoms with Crippen molar-refractivity contribution >= 4 is 32.8 Å². The van der Waals surface area contributed by atoms with E-state index >= 15 is 0 Å². The lowest BCUT2D eigenvalue weighted by molar-refractivity contribution is -0.525. The third-order valence-electron chi connectivity index (χ3n) is 6.26. The van der Waals surface area contributed by atoms with Gasteiger partial charge in [-0.2, -0.15) is 4.72 Å². The number of carbonyl (C=O) groups excluding carboxylic acids is 1. The zero-order valence-electron chi connectivity index (χ0n) is 20.7. The standard InChI is InChI=1S/C23H33N7O5S/c1-15-9-11-29(17(3)12-15)22(31)19(7-5-10-25-23(24)27-30(32)33)28-36(34,35)20-8-4-6-18-13-16(2)14-26-21(18)20/h4,6,8,13-15,17,19,28H,5,7,9-12H2,1-3H3,(H3,24,25,27)/t15-,17+,19+/m1/s1. The first-order chi connectivity index (χ1) is 17.0. The summed E-state index contributed by atoms with van der Waals surface area (Å²) in [5, 5.41) is 10.3. The Bertz CT molecular complexity index is 1250. The summed E-state index contributed by atoms with van der Waals surface area (Å²) in [7, 11) is -4.10. The topological polar surface area (TPSA) is 173 Å². The number of benzene rings is 1. The van der Waals surface area contributed by atoms with Crippen LogP contribution in [0.2, 0.25) is 0 Å². The van der Waals surface area contributed by atoms with Crippen LogP contribution < -0.4 is 15.9 Å². The minimum absolute atomic E-state index is 0.00411. The summed E-state index contributed by atoms with van der Waals surface area (Å²) >= 11 is 0. The molecule has 1 amide bonds. The number of nitrogens with one attached hydrogen (secondary N) is 2. The number of hydrogen-bond donors (Lipinski definition) is 3. The number of fused-ring (bicyclic) bond motifs is 1. The van der Waals surface area contributed by atoms with E-state index in [1.54, 1.807) is 28.7 Å². The largest absolute Gasteiger partial charge is 0.365 e. The number of nitrogens with two attached hydrogens (primary N) is 1. The molecule has 0 aliphatic carbocycles. The van der Waals surface area contributed by atoms with Gasteiger partial charge in [-0.1, -0.05) is 24.5 Å². The summed E-state index contributed by atoms with van der Waals surface area (Å²) in [6.07, 6.45) is 3.71. The van der Waals surface area contributed by atoms with E-state index < -0.39 is 21.1 Å². The van der Waals surface area contributed by atoms with Crippen LogP contribution in [0, 0.1) is 23.0 Å². The maximum atomic E-state index is 13.5. The number of nitrogens with zero attached hydrogens (tertiary/aromatic N) is 4. The number of sulfonamides is 1. The molecule has 1 fully saturated rings. The van der Waals surface area contributed by atoms with E-state index in [1.807, 2.05) is 19.9 Å². The predicted molar refractivity (Wildman–Crippen MR) is 136 cm³/mol. The molecule has 196 valence electrons. The fourth-order valence-electron chi connectivity index (χ4n) is 4.50. The van der Waals surface area contributed by atoms with Crippen LogP contribution in [0.25, 0.3) is 10.9 Å². The Hall–Kier alpha value is -3.32. The van der Waals surface area contributed by atoms with Crippen molar-refractivity contribution < 1.29 is 18.2 Å². The normalized spacial score (nSPS) is 19.8. The quantitative estimate of drug-likeness (QED) is 0.148. The van der Waals surface area contributed by atoms with E-state index in [2.05, 4.69) is 21.6 Å². The molecule has 4 N–H and O–H groups in total. The smallest absolute Gasteiger partial charge is 0.251 e. The third-order valence-corrected chi connectivity index (χ3v) is 7.76. The molecule has 36 heavy (non-hydrogen) atoms. The molecule has 0 bridgehead atoms. The van der Waals surface area contributed by atoms with Crippen molar-refractivity contribution in [1.82, 2.24) is 20.0 Å². The second-order valence-corrected chi connectivity index (χ2v) is 11.0. The number of para-hydroxylation sites is 1. The van der Waals surface area contributed by atoms with Crippen molar-refractivity contribution in [3.05, 3.63) is 46.1 Å². The van der Waals surface area contributed by atoms with Gasteiger partial charge < -0.3 is 10.6 Å². The molecule has 0 radical (unpaired) electrons. The molecule has 0 spiro atoms. The van der Waals surface area contributed by atoms with Gasteiger partial charge in [0.15, 0.2) is 5.03 Å². The number of hydrazine groups is 1. The van der Waals surface area contributed by atoms with Crippen LogP contribution in [0.3, 0.4) is 0 Å². The summed E-state index contributed by atoms with van der Waals surface area (Å²) in [6.45, 7) is 6.60. The second kappa shape index (κ2) is 11.6. The van der Waals surface area contributed by atoms with Gasteiger partial charge >= 0.3 is 0 Å². The number of rotatable bonds is 9. The number of likely N-dealkylation sites (tertiary alicyclic amines) is 1. The van der Waals surface area contributed by atoms with Crippen LogP contribution in [-0.2, 0) is 14.8 Å². The Morgan fingerprint density at radius 3 is 2.83 bits per heavy atom. The van der Waals surface area contributed by atoms with Crippen molar-refractivity contribution in [3.63, 3.8) is 0 Å². The fraction of sp³-hybridized carbons (Fsp3) is 0.522. The van der Waals surface area contributed by atoms with Crippen LogP contribution >= 0.6 is 0 Å². The van der Waals surface area contributed by atoms with Crippen LogP contribution in [0.15, 0.2) is 40.4 Å². The van der Waals surface area contributed by atoms with Gasteiger partial charge in [0, 0.05) is 30.7 Å². The number of guanidine groups is 1. The molecule has 13 heteroatoms. The van der Waals surface area contributed by atoms with Gasteiger partial charge in [-0.15, -0.1) is 0 Å². The zero-order valence-corrected chi connectivity index (χ0v) is 21.5. The minimum atomic E-state index is -4.10. The van der Waals surface area contributed by atoms with Gasteiger partial charge in [0.1, 0.15) is 10.9 Å². The maximum absolute atomic E-state index is 13.5. The van der Waals surface area contributed by atoms with Crippen molar-refractivity contribution in [2.24, 2.45) is 16.6 Å². The molecule has 3 rings (SSSR count). The van der Waals surface area contributed by atoms with E-state index in [9.17, 15) is 23.3 Å². The molecular formula is C23H33N7O5S. The Morgan fingerprint density at radius 2 is 2.14 bits per heavy atom. The van der Waals surface area contributed by atoms with Crippen LogP contribution in [0.5, 0.6) is 0 Å². The maximum Gasteiger partial charge on any atom is 0.251 e. The second-order valence-electron chi connectivity index (χ2n) is 9.30. The van der Waals surface area contributed by atoms with E-state index in [4.69, 9.17) is 5.73 Å². The molecule has 2 heterocycles. The van der Waals surface area contributed by atoms with Crippen LogP contribution in [0.1, 0.15) is 45.1 Å². The van der Waals surface area contributed by atoms with E-state index in [-0.39, 0.29) is 42.2 Å². The monoisotopic (exact) mass is 519 g/mol. The average Bonchev–Trinajstić information content (AvgIpc) is 2.79. The summed E-state index contributed by atoms with van der Waals surface area (Å²) in [6, 6.07) is 5.69. The first-order valence-electron chi connectivity index (χ1n) is 11.9. The Kier molecular flexibility index (Phi) is 8.79. The highest BCUT2D eigenvalue weighted by atomic mass is 32.2. The van der Waals surface area contributed by atoms with Gasteiger partial charge in [0.25, 0.3) is 5.96 Å². The van der Waals surface area contributed by atoms with Gasteiger partial charge in [0.2, 0.25) is 15.9 Å². The molecule has 0 saturated carbocycles. The number of carbonyl (C=O) groups is 1. The molecular weight excluding hydrogens is 486 g/mol. The number of hydrogen-bond acceptors (Lipinski definition) is 7. The van der Waals surface area contributed by atoms with Crippen molar-refractivity contribution in [2.45, 2.75) is 63.4 Å². The lowest BCUT2D eigenvalue weighted by Crippen LogP contribution is -2.53. The fourth-order valence-corrected chi connectivity index (χ4v) is 5.90. The summed E-state index contributed by atoms with van der Waals surface area (Å²) in [4.78, 5) is 33.9. The number of aryl methyl sites for hydroxylation is 1. The van der Waals surface area contributed by atoms with Crippen LogP contribution in [0.4, 0.5) is 0 Å². The molecule has 1 aromatic heterocycles. The Morgan fingerprint density at radius 1 is 1.39 bits per heavy atom. The number of pyridine rings is 1. The Labute approximate surface area is 210 Å². The SMILES string of the molecule is Cc1cnc2c(S(=O)(=O)N[C@@H](CCCN=C(N)N[N+](=O)[O-])C(=O)N3CC[C@@H](C)C[C@@H]3C)cccc2c1. The Balaban J connectivity index is 1.84. The highest BCUT2D eigenvalue weighted by molar-refractivity contribution is 7.89. The molecule has 1 aromatic carbocycles. The molecule has 12 nitrogen and oxygen atoms in total. The minimum Gasteiger partial charge on any atom is -0.365 e. The van der Waals surface area contributed by atoms with E-state index in [1.165, 1.54) is 6.07 Å². The molecule has 1 saturated heterocycles. The third kappa shape index (κ3) is 6.88. The molecule has 1 aliphatic heterocycles. The average molecular weight is 520 g/mol. The van der Waals surface area contributed by atoms with Crippen molar-refractivity contribution in [2.75, 3.05) is 13.1 Å². The van der Waals surface area contributed by atoms with Crippen molar-refractivity contribution in [3.8, 4) is 0 Å². The number of aromatic nitrogens is 1. The lowest BCUT2D eigenvalue weighted by atomic mass is 9.92. The summed E-state index contributed by atoms with van der Waals surface area (Å²) in [5.41, 5.74) is 8.42. The number of amides is 1. The molecule has 1 aliphatic rings. The highest BCUT2D eigenvalue weighted by Gasteiger charge is 2.34. The van der Waals surface area contributed by atoms with Gasteiger partial charge in [-0.05, 0) is 63.1 Å². The highest BCUT2D eigenvalue weighted by Crippen LogP contribution is 2.25. The summed E-state index contributed by atoms with van der Waals surface area (Å²) < 4.78 is 29.5. The van der Waals surface area contributed by atoms with Gasteiger partial charge in [0.05, 0.1) is 5.52 Å². The van der Waals surface area contributed by atoms with Gasteiger partial charge in [-0.25, -0.2) is 23.5 Å². The van der Waals surface area contributed by atoms with Gasteiger partial charge in [-0.3, -0.25) is 9.78 Å². The zero-order chi connectivity index (χ0) is 26.5. The number of piperidine rings is 1. The predicted octanol–water partition coefficient (Wildman–Crippen LogP) is 1.71. The van der Waals surface area contributed by atoms with Crippen LogP contribution in [-0.4, -0.2) is 60.4 Å². The molecule has 0 unspecified atom stereocenters. The first kappa shape index (κ1) is 27.3. The number of aliphatic imine (C=N–C) groups is 1.